The van der Waals surface area contributed by atoms with Crippen LogP contribution in [-0.2, 0) is 14.3 Å². The summed E-state index contributed by atoms with van der Waals surface area (Å²) in [5, 5.41) is 5.49. The topological polar surface area (TPSA) is 97.4 Å². The van der Waals surface area contributed by atoms with Crippen LogP contribution in [0.3, 0.4) is 0 Å². The minimum absolute atomic E-state index is 0.122. The van der Waals surface area contributed by atoms with Crippen LogP contribution in [0, 0.1) is 0 Å². The van der Waals surface area contributed by atoms with Crippen molar-refractivity contribution in [2.75, 3.05) is 17.2 Å². The Balaban J connectivity index is 1.58. The number of ether oxygens (including phenoxy) is 1. The number of benzene rings is 1. The van der Waals surface area contributed by atoms with Crippen LogP contribution in [0.2, 0.25) is 5.02 Å². The lowest BCUT2D eigenvalue weighted by Crippen LogP contribution is -2.26. The Labute approximate surface area is 158 Å². The van der Waals surface area contributed by atoms with E-state index >= 15 is 0 Å². The molecule has 2 N–H and O–H groups in total. The summed E-state index contributed by atoms with van der Waals surface area (Å²) in [6, 6.07) is 7.98. The maximum Gasteiger partial charge on any atom is 0.338 e. The molecule has 2 aromatic rings. The summed E-state index contributed by atoms with van der Waals surface area (Å²) in [6.45, 7) is 1.34. The molecule has 1 aliphatic heterocycles. The normalized spacial score (nSPS) is 15.6. The van der Waals surface area contributed by atoms with Crippen LogP contribution in [0.15, 0.2) is 41.4 Å². The van der Waals surface area contributed by atoms with Crippen LogP contribution in [0.1, 0.15) is 17.3 Å². The van der Waals surface area contributed by atoms with Crippen molar-refractivity contribution in [2.24, 2.45) is 0 Å². The summed E-state index contributed by atoms with van der Waals surface area (Å²) < 4.78 is 5.00. The number of anilines is 2. The second kappa shape index (κ2) is 7.76. The second-order valence-electron chi connectivity index (χ2n) is 5.45. The Morgan fingerprint density at radius 3 is 2.88 bits per heavy atom. The molecule has 9 heteroatoms. The minimum Gasteiger partial charge on any atom is -0.452 e. The van der Waals surface area contributed by atoms with Gasteiger partial charge in [0, 0.05) is 11.1 Å². The minimum atomic E-state index is -0.662. The van der Waals surface area contributed by atoms with E-state index in [1.54, 1.807) is 25.1 Å². The van der Waals surface area contributed by atoms with Crippen molar-refractivity contribution in [2.45, 2.75) is 17.1 Å². The van der Waals surface area contributed by atoms with Crippen LogP contribution in [0.4, 0.5) is 11.5 Å². The predicted octanol–water partition coefficient (Wildman–Crippen LogP) is 2.96. The Hall–Kier alpha value is -2.58. The number of fused-ring (bicyclic) bond motifs is 1. The van der Waals surface area contributed by atoms with Crippen LogP contribution in [-0.4, -0.2) is 34.6 Å². The summed E-state index contributed by atoms with van der Waals surface area (Å²) in [5.41, 5.74) is 0.805. The number of halogens is 1. The maximum atomic E-state index is 12.1. The zero-order valence-corrected chi connectivity index (χ0v) is 15.2. The van der Waals surface area contributed by atoms with Gasteiger partial charge in [0.25, 0.3) is 5.91 Å². The van der Waals surface area contributed by atoms with Gasteiger partial charge in [0.15, 0.2) is 6.61 Å². The molecule has 0 spiro atoms. The van der Waals surface area contributed by atoms with Crippen LogP contribution in [0.25, 0.3) is 0 Å². The number of amides is 2. The highest BCUT2D eigenvalue weighted by Crippen LogP contribution is 2.36. The molecule has 1 aromatic carbocycles. The lowest BCUT2D eigenvalue weighted by molar-refractivity contribution is -0.119. The van der Waals surface area contributed by atoms with E-state index in [-0.39, 0.29) is 16.7 Å². The van der Waals surface area contributed by atoms with Gasteiger partial charge in [-0.05, 0) is 37.3 Å². The largest absolute Gasteiger partial charge is 0.452 e. The number of thioether (sulfide) groups is 1. The molecule has 1 aliphatic rings. The number of hydrogen-bond donors (Lipinski definition) is 2. The zero-order valence-electron chi connectivity index (χ0n) is 13.6. The standard InChI is InChI=1S/C17H14ClN3O4S/c1-9-16(23)20-12-6-10(2-4-13(12)26-9)17(24)25-8-15(22)21-14-5-3-11(18)7-19-14/h2-7,9H,8H2,1H3,(H,20,23)(H,19,21,22)/t9-/m1/s1. The lowest BCUT2D eigenvalue weighted by Gasteiger charge is -2.21. The number of aromatic nitrogens is 1. The predicted molar refractivity (Wildman–Crippen MR) is 98.5 cm³/mol. The van der Waals surface area contributed by atoms with Crippen molar-refractivity contribution in [1.29, 1.82) is 0 Å². The van der Waals surface area contributed by atoms with E-state index in [2.05, 4.69) is 15.6 Å². The third kappa shape index (κ3) is 4.33. The number of carbonyl (C=O) groups excluding carboxylic acids is 3. The average Bonchev–Trinajstić information content (AvgIpc) is 2.62. The number of nitrogens with zero attached hydrogens (tertiary/aromatic N) is 1. The third-order valence-corrected chi connectivity index (χ3v) is 4.88. The Morgan fingerprint density at radius 2 is 2.15 bits per heavy atom. The van der Waals surface area contributed by atoms with Crippen molar-refractivity contribution in [1.82, 2.24) is 4.98 Å². The number of esters is 1. The molecule has 0 aliphatic carbocycles. The lowest BCUT2D eigenvalue weighted by atomic mass is 10.2. The average molecular weight is 392 g/mol. The number of pyridine rings is 1. The molecule has 2 heterocycles. The highest BCUT2D eigenvalue weighted by Gasteiger charge is 2.24. The molecule has 1 aromatic heterocycles. The molecule has 7 nitrogen and oxygen atoms in total. The molecule has 0 radical (unpaired) electrons. The molecule has 0 fully saturated rings. The smallest absolute Gasteiger partial charge is 0.338 e. The number of carbonyl (C=O) groups is 3. The molecule has 0 saturated carbocycles. The Morgan fingerprint density at radius 1 is 1.35 bits per heavy atom. The van der Waals surface area contributed by atoms with Gasteiger partial charge in [0.05, 0.1) is 21.5 Å². The zero-order chi connectivity index (χ0) is 18.7. The van der Waals surface area contributed by atoms with Crippen molar-refractivity contribution >= 4 is 52.7 Å². The second-order valence-corrected chi connectivity index (χ2v) is 7.27. The first-order chi connectivity index (χ1) is 12.4. The summed E-state index contributed by atoms with van der Waals surface area (Å²) >= 11 is 7.13. The fraction of sp³-hybridized carbons (Fsp3) is 0.176. The number of nitrogens with one attached hydrogen (secondary N) is 2. The molecule has 26 heavy (non-hydrogen) atoms. The highest BCUT2D eigenvalue weighted by atomic mass is 35.5. The fourth-order valence-electron chi connectivity index (χ4n) is 2.18. The first-order valence-corrected chi connectivity index (χ1v) is 8.88. The third-order valence-electron chi connectivity index (χ3n) is 3.48. The molecule has 3 rings (SSSR count). The molecule has 0 saturated heterocycles. The van der Waals surface area contributed by atoms with Gasteiger partial charge in [0.1, 0.15) is 5.82 Å². The molecule has 0 bridgehead atoms. The van der Waals surface area contributed by atoms with E-state index in [1.165, 1.54) is 30.1 Å². The highest BCUT2D eigenvalue weighted by molar-refractivity contribution is 8.00. The van der Waals surface area contributed by atoms with Crippen LogP contribution in [0.5, 0.6) is 0 Å². The number of hydrogen-bond acceptors (Lipinski definition) is 6. The van der Waals surface area contributed by atoms with Gasteiger partial charge in [-0.2, -0.15) is 0 Å². The van der Waals surface area contributed by atoms with E-state index in [0.29, 0.717) is 16.5 Å². The van der Waals surface area contributed by atoms with Gasteiger partial charge < -0.3 is 15.4 Å². The molecular weight excluding hydrogens is 378 g/mol. The van der Waals surface area contributed by atoms with E-state index in [1.807, 2.05) is 0 Å². The van der Waals surface area contributed by atoms with Gasteiger partial charge in [0.2, 0.25) is 5.91 Å². The number of rotatable bonds is 4. The van der Waals surface area contributed by atoms with E-state index in [0.717, 1.165) is 4.90 Å². The van der Waals surface area contributed by atoms with Gasteiger partial charge in [-0.15, -0.1) is 11.8 Å². The van der Waals surface area contributed by atoms with Crippen molar-refractivity contribution in [3.63, 3.8) is 0 Å². The van der Waals surface area contributed by atoms with E-state index in [9.17, 15) is 14.4 Å². The fourth-order valence-corrected chi connectivity index (χ4v) is 3.22. The van der Waals surface area contributed by atoms with Gasteiger partial charge in [-0.25, -0.2) is 9.78 Å². The SMILES string of the molecule is C[C@H]1Sc2ccc(C(=O)OCC(=O)Nc3ccc(Cl)cn3)cc2NC1=O. The van der Waals surface area contributed by atoms with E-state index < -0.39 is 18.5 Å². The first kappa shape index (κ1) is 18.2. The van der Waals surface area contributed by atoms with Gasteiger partial charge in [-0.3, -0.25) is 9.59 Å². The Kier molecular flexibility index (Phi) is 5.43. The molecule has 2 amide bonds. The summed E-state index contributed by atoms with van der Waals surface area (Å²) in [4.78, 5) is 40.5. The summed E-state index contributed by atoms with van der Waals surface area (Å²) in [5.74, 6) is -1.00. The van der Waals surface area contributed by atoms with Crippen LogP contribution >= 0.6 is 23.4 Å². The van der Waals surface area contributed by atoms with Gasteiger partial charge >= 0.3 is 5.97 Å². The van der Waals surface area contributed by atoms with Crippen molar-refractivity contribution in [3.8, 4) is 0 Å². The van der Waals surface area contributed by atoms with Gasteiger partial charge in [-0.1, -0.05) is 11.6 Å². The monoisotopic (exact) mass is 391 g/mol. The maximum absolute atomic E-state index is 12.1. The molecular formula is C17H14ClN3O4S. The van der Waals surface area contributed by atoms with Crippen LogP contribution < -0.4 is 10.6 Å². The first-order valence-electron chi connectivity index (χ1n) is 7.62. The quantitative estimate of drug-likeness (QED) is 0.777. The Bertz CT molecular complexity index is 873. The summed E-state index contributed by atoms with van der Waals surface area (Å²) in [7, 11) is 0. The summed E-state index contributed by atoms with van der Waals surface area (Å²) in [6.07, 6.45) is 1.39. The van der Waals surface area contributed by atoms with Crippen molar-refractivity contribution in [3.05, 3.63) is 47.1 Å². The van der Waals surface area contributed by atoms with E-state index in [4.69, 9.17) is 16.3 Å². The molecule has 1 atom stereocenters. The molecule has 0 unspecified atom stereocenters. The molecule has 134 valence electrons. The van der Waals surface area contributed by atoms with Crippen molar-refractivity contribution < 1.29 is 19.1 Å².